The number of ether oxygens (including phenoxy) is 1. The lowest BCUT2D eigenvalue weighted by molar-refractivity contribution is 0.371. The molecule has 0 atom stereocenters. The number of rotatable bonds is 2. The minimum atomic E-state index is 0.635. The normalized spacial score (nSPS) is 10.2. The first kappa shape index (κ1) is 7.86. The molecule has 0 aromatic carbocycles. The van der Waals surface area contributed by atoms with Gasteiger partial charge in [0.2, 0.25) is 0 Å². The summed E-state index contributed by atoms with van der Waals surface area (Å²) in [6.07, 6.45) is 3.60. The highest BCUT2D eigenvalue weighted by Gasteiger charge is 2.01. The van der Waals surface area contributed by atoms with Gasteiger partial charge in [-0.3, -0.25) is 0 Å². The summed E-state index contributed by atoms with van der Waals surface area (Å²) in [4.78, 5) is 7.24. The van der Waals surface area contributed by atoms with Gasteiger partial charge >= 0.3 is 0 Å². The third-order valence-electron chi connectivity index (χ3n) is 1.97. The first-order valence-corrected chi connectivity index (χ1v) is 3.97. The Balaban J connectivity index is 2.54. The molecule has 3 nitrogen and oxygen atoms in total. The number of nitrogens with zero attached hydrogens (tertiary/aromatic N) is 1. The summed E-state index contributed by atoms with van der Waals surface area (Å²) in [5.41, 5.74) is 1.79. The van der Waals surface area contributed by atoms with Gasteiger partial charge in [0.25, 0.3) is 0 Å². The smallest absolute Gasteiger partial charge is 0.137 e. The van der Waals surface area contributed by atoms with Crippen molar-refractivity contribution in [2.24, 2.45) is 0 Å². The van der Waals surface area contributed by atoms with Gasteiger partial charge in [-0.05, 0) is 12.1 Å². The quantitative estimate of drug-likeness (QED) is 0.708. The van der Waals surface area contributed by atoms with E-state index in [1.54, 1.807) is 13.3 Å². The highest BCUT2D eigenvalue weighted by molar-refractivity contribution is 5.78. The van der Waals surface area contributed by atoms with Crippen LogP contribution in [-0.2, 0) is 4.74 Å². The second kappa shape index (κ2) is 2.94. The van der Waals surface area contributed by atoms with Crippen molar-refractivity contribution in [2.45, 2.75) is 0 Å². The van der Waals surface area contributed by atoms with Gasteiger partial charge in [-0.2, -0.15) is 0 Å². The number of nitrogens with one attached hydrogen (secondary N) is 1. The van der Waals surface area contributed by atoms with Gasteiger partial charge in [-0.25, -0.2) is 4.98 Å². The predicted octanol–water partition coefficient (Wildman–Crippen LogP) is 2.18. The maximum absolute atomic E-state index is 5.02. The van der Waals surface area contributed by atoms with Crippen molar-refractivity contribution >= 4 is 16.8 Å². The predicted molar refractivity (Wildman–Crippen MR) is 52.1 cm³/mol. The monoisotopic (exact) mass is 174 g/mol. The SMILES string of the molecule is C=C(OC)c1cnc2[nH]ccc2c1. The Morgan fingerprint density at radius 2 is 2.46 bits per heavy atom. The van der Waals surface area contributed by atoms with E-state index in [-0.39, 0.29) is 0 Å². The number of H-pyrrole nitrogens is 1. The molecule has 0 spiro atoms. The number of fused-ring (bicyclic) bond motifs is 1. The molecule has 2 rings (SSSR count). The summed E-state index contributed by atoms with van der Waals surface area (Å²) >= 11 is 0. The Kier molecular flexibility index (Phi) is 1.77. The lowest BCUT2D eigenvalue weighted by Gasteiger charge is -2.02. The summed E-state index contributed by atoms with van der Waals surface area (Å²) in [6, 6.07) is 3.96. The maximum atomic E-state index is 5.02. The van der Waals surface area contributed by atoms with Crippen molar-refractivity contribution in [3.05, 3.63) is 36.7 Å². The van der Waals surface area contributed by atoms with E-state index in [2.05, 4.69) is 16.5 Å². The molecule has 0 aliphatic heterocycles. The van der Waals surface area contributed by atoms with Gasteiger partial charge in [-0.15, -0.1) is 0 Å². The summed E-state index contributed by atoms with van der Waals surface area (Å²) in [7, 11) is 1.60. The van der Waals surface area contributed by atoms with Crippen LogP contribution in [-0.4, -0.2) is 17.1 Å². The summed E-state index contributed by atoms with van der Waals surface area (Å²) in [5, 5.41) is 1.07. The van der Waals surface area contributed by atoms with E-state index in [0.717, 1.165) is 16.6 Å². The lowest BCUT2D eigenvalue weighted by Crippen LogP contribution is -1.86. The van der Waals surface area contributed by atoms with E-state index < -0.39 is 0 Å². The molecule has 0 radical (unpaired) electrons. The fraction of sp³-hybridized carbons (Fsp3) is 0.100. The molecule has 0 unspecified atom stereocenters. The Labute approximate surface area is 76.1 Å². The molecule has 0 fully saturated rings. The number of aromatic nitrogens is 2. The molecule has 1 N–H and O–H groups in total. The summed E-state index contributed by atoms with van der Waals surface area (Å²) in [5.74, 6) is 0.635. The van der Waals surface area contributed by atoms with E-state index >= 15 is 0 Å². The van der Waals surface area contributed by atoms with Crippen molar-refractivity contribution < 1.29 is 4.74 Å². The van der Waals surface area contributed by atoms with Crippen molar-refractivity contribution in [1.29, 1.82) is 0 Å². The van der Waals surface area contributed by atoms with E-state index in [0.29, 0.717) is 5.76 Å². The van der Waals surface area contributed by atoms with Crippen LogP contribution in [0.25, 0.3) is 16.8 Å². The molecule has 0 aliphatic carbocycles. The van der Waals surface area contributed by atoms with Crippen LogP contribution >= 0.6 is 0 Å². The van der Waals surface area contributed by atoms with E-state index in [1.165, 1.54) is 0 Å². The number of aromatic amines is 1. The Morgan fingerprint density at radius 1 is 1.62 bits per heavy atom. The highest BCUT2D eigenvalue weighted by atomic mass is 16.5. The molecular formula is C10H10N2O. The van der Waals surface area contributed by atoms with E-state index in [1.807, 2.05) is 18.3 Å². The molecule has 0 saturated carbocycles. The number of methoxy groups -OCH3 is 1. The molecule has 0 bridgehead atoms. The molecule has 0 aliphatic rings. The van der Waals surface area contributed by atoms with Gasteiger partial charge in [0.05, 0.1) is 7.11 Å². The van der Waals surface area contributed by atoms with Gasteiger partial charge in [0, 0.05) is 23.3 Å². The average molecular weight is 174 g/mol. The third-order valence-corrected chi connectivity index (χ3v) is 1.97. The summed E-state index contributed by atoms with van der Waals surface area (Å²) < 4.78 is 5.02. The van der Waals surface area contributed by atoms with Crippen molar-refractivity contribution in [2.75, 3.05) is 7.11 Å². The highest BCUT2D eigenvalue weighted by Crippen LogP contribution is 2.16. The molecule has 0 saturated heterocycles. The first-order chi connectivity index (χ1) is 6.31. The van der Waals surface area contributed by atoms with Gasteiger partial charge in [0.15, 0.2) is 0 Å². The van der Waals surface area contributed by atoms with Crippen molar-refractivity contribution in [3.63, 3.8) is 0 Å². The van der Waals surface area contributed by atoms with Crippen LogP contribution in [0.3, 0.4) is 0 Å². The zero-order valence-electron chi connectivity index (χ0n) is 7.37. The van der Waals surface area contributed by atoms with Gasteiger partial charge in [0.1, 0.15) is 11.4 Å². The molecule has 2 aromatic heterocycles. The molecule has 0 amide bonds. The maximum Gasteiger partial charge on any atom is 0.137 e. The standard InChI is InChI=1S/C10H10N2O/c1-7(13-2)9-5-8-3-4-11-10(8)12-6-9/h3-6H,1H2,2H3,(H,11,12). The molecule has 13 heavy (non-hydrogen) atoms. The van der Waals surface area contributed by atoms with Gasteiger partial charge in [-0.1, -0.05) is 6.58 Å². The Hall–Kier alpha value is -1.77. The Bertz CT molecular complexity index is 445. The zero-order chi connectivity index (χ0) is 9.26. The van der Waals surface area contributed by atoms with Crippen LogP contribution in [0.15, 0.2) is 31.1 Å². The minimum absolute atomic E-state index is 0.635. The third kappa shape index (κ3) is 1.28. The fourth-order valence-electron chi connectivity index (χ4n) is 1.21. The minimum Gasteiger partial charge on any atom is -0.497 e. The van der Waals surface area contributed by atoms with Crippen LogP contribution in [0.2, 0.25) is 0 Å². The Morgan fingerprint density at radius 3 is 3.23 bits per heavy atom. The van der Waals surface area contributed by atoms with Crippen molar-refractivity contribution in [3.8, 4) is 0 Å². The van der Waals surface area contributed by atoms with Crippen LogP contribution in [0.1, 0.15) is 5.56 Å². The molecule has 3 heteroatoms. The lowest BCUT2D eigenvalue weighted by atomic mass is 10.2. The largest absolute Gasteiger partial charge is 0.497 e. The van der Waals surface area contributed by atoms with E-state index in [4.69, 9.17) is 4.74 Å². The van der Waals surface area contributed by atoms with Gasteiger partial charge < -0.3 is 9.72 Å². The first-order valence-electron chi connectivity index (χ1n) is 3.97. The zero-order valence-corrected chi connectivity index (χ0v) is 7.37. The second-order valence-electron chi connectivity index (χ2n) is 2.77. The van der Waals surface area contributed by atoms with Crippen molar-refractivity contribution in [1.82, 2.24) is 9.97 Å². The fourth-order valence-corrected chi connectivity index (χ4v) is 1.21. The topological polar surface area (TPSA) is 37.9 Å². The molecule has 2 heterocycles. The number of hydrogen-bond donors (Lipinski definition) is 1. The summed E-state index contributed by atoms with van der Waals surface area (Å²) in [6.45, 7) is 3.76. The molecule has 2 aromatic rings. The van der Waals surface area contributed by atoms with Crippen LogP contribution in [0, 0.1) is 0 Å². The molecular weight excluding hydrogens is 164 g/mol. The van der Waals surface area contributed by atoms with Crippen LogP contribution in [0.5, 0.6) is 0 Å². The number of hydrogen-bond acceptors (Lipinski definition) is 2. The average Bonchev–Trinajstić information content (AvgIpc) is 2.63. The molecule has 66 valence electrons. The second-order valence-corrected chi connectivity index (χ2v) is 2.77. The van der Waals surface area contributed by atoms with E-state index in [9.17, 15) is 0 Å². The van der Waals surface area contributed by atoms with Crippen LogP contribution < -0.4 is 0 Å². The number of pyridine rings is 1. The van der Waals surface area contributed by atoms with Crippen LogP contribution in [0.4, 0.5) is 0 Å².